The molecule has 2 saturated heterocycles. The third-order valence-electron chi connectivity index (χ3n) is 5.67. The van der Waals surface area contributed by atoms with E-state index in [2.05, 4.69) is 16.7 Å². The van der Waals surface area contributed by atoms with Crippen LogP contribution in [0.3, 0.4) is 0 Å². The molecule has 3 fully saturated rings. The lowest BCUT2D eigenvalue weighted by Crippen LogP contribution is -2.48. The van der Waals surface area contributed by atoms with Crippen LogP contribution in [0, 0.1) is 0 Å². The standard InChI is InChI=1S/C20H25N3O3S2/c1-13(23-18(25)20(22-19(23)26)8-2-3-9-20)16(24)21-15-7-4-6-14(12-15)17-27-10-5-11-28-17/h4,6-7,12-13,17H,2-3,5,8-11H2,1H3,(H,21,24)(H,22,26). The summed E-state index contributed by atoms with van der Waals surface area (Å²) in [6.07, 6.45) is 4.38. The molecule has 3 aliphatic rings. The lowest BCUT2D eigenvalue weighted by atomic mass is 9.97. The van der Waals surface area contributed by atoms with E-state index in [0.29, 0.717) is 23.1 Å². The van der Waals surface area contributed by atoms with E-state index in [9.17, 15) is 14.4 Å². The molecular weight excluding hydrogens is 394 g/mol. The molecule has 2 aliphatic heterocycles. The van der Waals surface area contributed by atoms with Gasteiger partial charge in [-0.25, -0.2) is 9.69 Å². The minimum absolute atomic E-state index is 0.263. The summed E-state index contributed by atoms with van der Waals surface area (Å²) in [7, 11) is 0. The van der Waals surface area contributed by atoms with Crippen LogP contribution in [0.4, 0.5) is 10.5 Å². The average Bonchev–Trinajstić information content (AvgIpc) is 3.27. The molecule has 4 amide bonds. The van der Waals surface area contributed by atoms with Gasteiger partial charge >= 0.3 is 6.03 Å². The van der Waals surface area contributed by atoms with Crippen molar-refractivity contribution in [2.75, 3.05) is 16.8 Å². The number of carbonyl (C=O) groups is 3. The van der Waals surface area contributed by atoms with Gasteiger partial charge in [-0.05, 0) is 55.4 Å². The number of benzene rings is 1. The molecule has 0 bridgehead atoms. The maximum atomic E-state index is 12.9. The first kappa shape index (κ1) is 19.6. The maximum absolute atomic E-state index is 12.9. The molecule has 1 aromatic rings. The van der Waals surface area contributed by atoms with Gasteiger partial charge in [-0.3, -0.25) is 9.59 Å². The van der Waals surface area contributed by atoms with Crippen LogP contribution in [0.25, 0.3) is 0 Å². The molecule has 28 heavy (non-hydrogen) atoms. The number of amides is 4. The Bertz CT molecular complexity index is 789. The molecule has 1 aromatic carbocycles. The molecule has 0 aromatic heterocycles. The second-order valence-electron chi connectivity index (χ2n) is 7.61. The Balaban J connectivity index is 1.45. The fourth-order valence-corrected chi connectivity index (χ4v) is 6.99. The summed E-state index contributed by atoms with van der Waals surface area (Å²) in [4.78, 5) is 39.1. The van der Waals surface area contributed by atoms with Crippen molar-refractivity contribution in [2.45, 2.75) is 55.2 Å². The van der Waals surface area contributed by atoms with Gasteiger partial charge in [0, 0.05) is 5.69 Å². The Morgan fingerprint density at radius 1 is 1.21 bits per heavy atom. The minimum Gasteiger partial charge on any atom is -0.324 e. The predicted octanol–water partition coefficient (Wildman–Crippen LogP) is 3.75. The summed E-state index contributed by atoms with van der Waals surface area (Å²) < 4.78 is 0.385. The van der Waals surface area contributed by atoms with E-state index in [1.165, 1.54) is 12.0 Å². The van der Waals surface area contributed by atoms with Crippen LogP contribution in [0.15, 0.2) is 24.3 Å². The molecule has 1 spiro atoms. The molecule has 0 radical (unpaired) electrons. The second kappa shape index (κ2) is 7.99. The van der Waals surface area contributed by atoms with Crippen molar-refractivity contribution in [3.63, 3.8) is 0 Å². The first-order valence-corrected chi connectivity index (χ1v) is 11.9. The van der Waals surface area contributed by atoms with E-state index >= 15 is 0 Å². The number of hydrogen-bond donors (Lipinski definition) is 2. The van der Waals surface area contributed by atoms with Gasteiger partial charge in [0.2, 0.25) is 5.91 Å². The molecule has 1 saturated carbocycles. The van der Waals surface area contributed by atoms with Gasteiger partial charge in [-0.2, -0.15) is 0 Å². The molecule has 6 nitrogen and oxygen atoms in total. The fraction of sp³-hybridized carbons (Fsp3) is 0.550. The predicted molar refractivity (Wildman–Crippen MR) is 113 cm³/mol. The summed E-state index contributed by atoms with van der Waals surface area (Å²) >= 11 is 3.85. The van der Waals surface area contributed by atoms with Gasteiger partial charge in [-0.15, -0.1) is 23.5 Å². The third kappa shape index (κ3) is 3.64. The number of urea groups is 1. The number of nitrogens with one attached hydrogen (secondary N) is 2. The van der Waals surface area contributed by atoms with Gasteiger partial charge in [0.15, 0.2) is 0 Å². The molecule has 1 aliphatic carbocycles. The number of anilines is 1. The van der Waals surface area contributed by atoms with Gasteiger partial charge in [0.05, 0.1) is 4.58 Å². The van der Waals surface area contributed by atoms with Crippen LogP contribution in [-0.2, 0) is 9.59 Å². The molecule has 1 unspecified atom stereocenters. The highest BCUT2D eigenvalue weighted by molar-refractivity contribution is 8.16. The summed E-state index contributed by atoms with van der Waals surface area (Å²) in [6.45, 7) is 1.61. The Kier molecular flexibility index (Phi) is 5.60. The van der Waals surface area contributed by atoms with Crippen LogP contribution in [0.1, 0.15) is 49.2 Å². The summed E-state index contributed by atoms with van der Waals surface area (Å²) in [5.41, 5.74) is 1.09. The van der Waals surface area contributed by atoms with Crippen molar-refractivity contribution < 1.29 is 14.4 Å². The number of nitrogens with zero attached hydrogens (tertiary/aromatic N) is 1. The lowest BCUT2D eigenvalue weighted by molar-refractivity contribution is -0.136. The Hall–Kier alpha value is -1.67. The van der Waals surface area contributed by atoms with Gasteiger partial charge in [-0.1, -0.05) is 25.0 Å². The van der Waals surface area contributed by atoms with Gasteiger partial charge in [0.25, 0.3) is 5.91 Å². The third-order valence-corrected chi connectivity index (χ3v) is 8.69. The van der Waals surface area contributed by atoms with Crippen LogP contribution in [-0.4, -0.2) is 45.8 Å². The van der Waals surface area contributed by atoms with Crippen LogP contribution in [0.5, 0.6) is 0 Å². The number of imide groups is 1. The van der Waals surface area contributed by atoms with E-state index in [0.717, 1.165) is 29.2 Å². The molecule has 150 valence electrons. The van der Waals surface area contributed by atoms with Crippen molar-refractivity contribution in [3.8, 4) is 0 Å². The monoisotopic (exact) mass is 419 g/mol. The Morgan fingerprint density at radius 2 is 1.93 bits per heavy atom. The quantitative estimate of drug-likeness (QED) is 0.727. The van der Waals surface area contributed by atoms with Crippen LogP contribution in [0.2, 0.25) is 0 Å². The van der Waals surface area contributed by atoms with Crippen molar-refractivity contribution in [3.05, 3.63) is 29.8 Å². The zero-order valence-electron chi connectivity index (χ0n) is 15.9. The summed E-state index contributed by atoms with van der Waals surface area (Å²) in [5.74, 6) is 1.69. The second-order valence-corrected chi connectivity index (χ2v) is 10.3. The SMILES string of the molecule is CC(C(=O)Nc1cccc(C2SCCCS2)c1)N1C(=O)NC2(CCCC2)C1=O. The van der Waals surface area contributed by atoms with Crippen molar-refractivity contribution in [1.29, 1.82) is 0 Å². The van der Waals surface area contributed by atoms with Crippen molar-refractivity contribution >= 4 is 47.1 Å². The van der Waals surface area contributed by atoms with E-state index in [4.69, 9.17) is 0 Å². The normalized spacial score (nSPS) is 23.1. The lowest BCUT2D eigenvalue weighted by Gasteiger charge is -2.24. The van der Waals surface area contributed by atoms with Crippen LogP contribution >= 0.6 is 23.5 Å². The largest absolute Gasteiger partial charge is 0.325 e. The average molecular weight is 420 g/mol. The molecule has 1 atom stereocenters. The highest BCUT2D eigenvalue weighted by atomic mass is 32.2. The molecular formula is C20H25N3O3S2. The van der Waals surface area contributed by atoms with E-state index in [-0.39, 0.29) is 11.8 Å². The van der Waals surface area contributed by atoms with Crippen LogP contribution < -0.4 is 10.6 Å². The Morgan fingerprint density at radius 3 is 2.64 bits per heavy atom. The topological polar surface area (TPSA) is 78.5 Å². The van der Waals surface area contributed by atoms with Crippen molar-refractivity contribution in [1.82, 2.24) is 10.2 Å². The summed E-state index contributed by atoms with van der Waals surface area (Å²) in [6, 6.07) is 6.54. The first-order valence-electron chi connectivity index (χ1n) is 9.80. The molecule has 2 heterocycles. The molecule has 4 rings (SSSR count). The smallest absolute Gasteiger partial charge is 0.324 e. The molecule has 2 N–H and O–H groups in total. The highest BCUT2D eigenvalue weighted by Crippen LogP contribution is 2.44. The van der Waals surface area contributed by atoms with E-state index < -0.39 is 17.6 Å². The van der Waals surface area contributed by atoms with Gasteiger partial charge < -0.3 is 10.6 Å². The summed E-state index contributed by atoms with van der Waals surface area (Å²) in [5, 5.41) is 5.72. The number of hydrogen-bond acceptors (Lipinski definition) is 5. The first-order chi connectivity index (χ1) is 13.5. The van der Waals surface area contributed by atoms with Gasteiger partial charge in [0.1, 0.15) is 11.6 Å². The number of rotatable bonds is 4. The molecule has 8 heteroatoms. The Labute approximate surface area is 173 Å². The minimum atomic E-state index is -0.852. The zero-order chi connectivity index (χ0) is 19.7. The van der Waals surface area contributed by atoms with Crippen molar-refractivity contribution in [2.24, 2.45) is 0 Å². The number of carbonyl (C=O) groups excluding carboxylic acids is 3. The number of thioether (sulfide) groups is 2. The van der Waals surface area contributed by atoms with E-state index in [1.54, 1.807) is 6.92 Å². The highest BCUT2D eigenvalue weighted by Gasteiger charge is 2.54. The zero-order valence-corrected chi connectivity index (χ0v) is 17.5. The fourth-order valence-electron chi connectivity index (χ4n) is 4.12. The van der Waals surface area contributed by atoms with E-state index in [1.807, 2.05) is 41.7 Å². The maximum Gasteiger partial charge on any atom is 0.325 e.